The van der Waals surface area contributed by atoms with E-state index in [0.717, 1.165) is 18.9 Å². The Morgan fingerprint density at radius 3 is 2.68 bits per heavy atom. The molecule has 1 aromatic heterocycles. The quantitative estimate of drug-likeness (QED) is 0.547. The van der Waals surface area contributed by atoms with Gasteiger partial charge in [-0.1, -0.05) is 0 Å². The highest BCUT2D eigenvalue weighted by Gasteiger charge is 2.41. The molecule has 2 aromatic rings. The van der Waals surface area contributed by atoms with Crippen molar-refractivity contribution in [2.24, 2.45) is 11.7 Å². The number of H-pyrrole nitrogens is 1. The lowest BCUT2D eigenvalue weighted by atomic mass is 9.95. The summed E-state index contributed by atoms with van der Waals surface area (Å²) in [4.78, 5) is 37.5. The summed E-state index contributed by atoms with van der Waals surface area (Å²) in [6.45, 7) is 2.16. The highest BCUT2D eigenvalue weighted by atomic mass is 35.5. The van der Waals surface area contributed by atoms with E-state index >= 15 is 0 Å². The zero-order chi connectivity index (χ0) is 17.5. The Morgan fingerprint density at radius 2 is 2.12 bits per heavy atom. The van der Waals surface area contributed by atoms with Crippen molar-refractivity contribution in [3.63, 3.8) is 0 Å². The maximum absolute atomic E-state index is 12.7. The van der Waals surface area contributed by atoms with Crippen LogP contribution in [0.4, 0.5) is 5.69 Å². The van der Waals surface area contributed by atoms with Crippen LogP contribution >= 0.6 is 12.4 Å². The monoisotopic (exact) mass is 366 g/mol. The molecule has 1 unspecified atom stereocenters. The number of aromatic amines is 1. The molecule has 4 N–H and O–H groups in total. The van der Waals surface area contributed by atoms with Gasteiger partial charge in [-0.3, -0.25) is 19.7 Å². The number of hydrogen-bond acceptors (Lipinski definition) is 5. The molecule has 1 aliphatic carbocycles. The molecular formula is C16H19ClN4O4. The van der Waals surface area contributed by atoms with Gasteiger partial charge in [0.1, 0.15) is 0 Å². The molecule has 1 saturated carbocycles. The molecule has 1 aromatic carbocycles. The van der Waals surface area contributed by atoms with Crippen LogP contribution in [0.1, 0.15) is 30.1 Å². The van der Waals surface area contributed by atoms with Gasteiger partial charge in [-0.15, -0.1) is 12.4 Å². The van der Waals surface area contributed by atoms with Crippen molar-refractivity contribution in [2.75, 3.05) is 6.54 Å². The predicted octanol–water partition coefficient (Wildman–Crippen LogP) is 1.72. The van der Waals surface area contributed by atoms with Gasteiger partial charge in [0, 0.05) is 35.6 Å². The molecule has 1 fully saturated rings. The van der Waals surface area contributed by atoms with E-state index in [1.807, 2.05) is 6.92 Å². The molecule has 25 heavy (non-hydrogen) atoms. The highest BCUT2D eigenvalue weighted by Crippen LogP contribution is 2.39. The lowest BCUT2D eigenvalue weighted by molar-refractivity contribution is -0.384. The number of non-ortho nitro benzene ring substituents is 1. The highest BCUT2D eigenvalue weighted by molar-refractivity contribution is 6.06. The Morgan fingerprint density at radius 1 is 1.44 bits per heavy atom. The van der Waals surface area contributed by atoms with E-state index in [1.165, 1.54) is 18.2 Å². The molecule has 0 saturated heterocycles. The van der Waals surface area contributed by atoms with Gasteiger partial charge in [-0.05, 0) is 31.7 Å². The molecule has 0 bridgehead atoms. The number of rotatable bonds is 5. The first-order chi connectivity index (χ1) is 11.3. The number of halogens is 1. The fraction of sp³-hybridized carbons (Fsp3) is 0.375. The number of nitro benzene ring substituents is 1. The predicted molar refractivity (Wildman–Crippen MR) is 96.1 cm³/mol. The third-order valence-electron chi connectivity index (χ3n) is 4.58. The summed E-state index contributed by atoms with van der Waals surface area (Å²) in [7, 11) is 0. The van der Waals surface area contributed by atoms with Crippen LogP contribution in [0.5, 0.6) is 0 Å². The Balaban J connectivity index is 0.00000225. The number of nitrogens with two attached hydrogens (primary N) is 1. The Bertz CT molecular complexity index is 893. The van der Waals surface area contributed by atoms with Crippen LogP contribution in [0.2, 0.25) is 0 Å². The van der Waals surface area contributed by atoms with Gasteiger partial charge in [-0.25, -0.2) is 0 Å². The second-order valence-electron chi connectivity index (χ2n) is 6.38. The Hall–Kier alpha value is -2.45. The first kappa shape index (κ1) is 18.9. The van der Waals surface area contributed by atoms with Crippen LogP contribution in [0.15, 0.2) is 29.1 Å². The van der Waals surface area contributed by atoms with Crippen molar-refractivity contribution < 1.29 is 9.72 Å². The van der Waals surface area contributed by atoms with Crippen molar-refractivity contribution in [3.8, 4) is 0 Å². The Labute approximate surface area is 149 Å². The van der Waals surface area contributed by atoms with Gasteiger partial charge in [0.05, 0.1) is 16.0 Å². The van der Waals surface area contributed by atoms with Gasteiger partial charge in [0.2, 0.25) is 5.56 Å². The van der Waals surface area contributed by atoms with E-state index in [0.29, 0.717) is 16.8 Å². The van der Waals surface area contributed by atoms with Gasteiger partial charge >= 0.3 is 0 Å². The number of fused-ring (bicyclic) bond motifs is 1. The number of aromatic nitrogens is 1. The average Bonchev–Trinajstić information content (AvgIpc) is 3.38. The van der Waals surface area contributed by atoms with Gasteiger partial charge < -0.3 is 16.0 Å². The number of nitrogens with one attached hydrogen (secondary N) is 2. The minimum atomic E-state index is -0.549. The van der Waals surface area contributed by atoms with Crippen LogP contribution in [-0.4, -0.2) is 27.9 Å². The Kier molecular flexibility index (Phi) is 5.15. The zero-order valence-electron chi connectivity index (χ0n) is 13.6. The molecule has 0 spiro atoms. The van der Waals surface area contributed by atoms with Crippen molar-refractivity contribution >= 4 is 34.9 Å². The molecule has 1 aliphatic rings. The minimum Gasteiger partial charge on any atom is -0.345 e. The number of nitrogens with zero attached hydrogens (tertiary/aromatic N) is 1. The summed E-state index contributed by atoms with van der Waals surface area (Å²) < 4.78 is 0. The molecule has 134 valence electrons. The number of amides is 1. The summed E-state index contributed by atoms with van der Waals surface area (Å²) in [6.07, 6.45) is 1.99. The van der Waals surface area contributed by atoms with Crippen molar-refractivity contribution in [1.29, 1.82) is 0 Å². The average molecular weight is 367 g/mol. The summed E-state index contributed by atoms with van der Waals surface area (Å²) in [5.41, 5.74) is 5.15. The van der Waals surface area contributed by atoms with E-state index in [-0.39, 0.29) is 30.2 Å². The van der Waals surface area contributed by atoms with Crippen LogP contribution in [0, 0.1) is 16.0 Å². The number of hydrogen-bond donors (Lipinski definition) is 3. The maximum atomic E-state index is 12.7. The molecule has 8 nitrogen and oxygen atoms in total. The molecule has 3 rings (SSSR count). The summed E-state index contributed by atoms with van der Waals surface area (Å²) >= 11 is 0. The first-order valence-corrected chi connectivity index (χ1v) is 7.68. The molecule has 1 amide bonds. The maximum Gasteiger partial charge on any atom is 0.270 e. The first-order valence-electron chi connectivity index (χ1n) is 7.68. The van der Waals surface area contributed by atoms with Gasteiger partial charge in [0.25, 0.3) is 11.6 Å². The number of carbonyl (C=O) groups is 1. The van der Waals surface area contributed by atoms with E-state index < -0.39 is 21.9 Å². The SMILES string of the molecule is CC(CN)(NC(=O)c1cc(=O)[nH]c2ccc([N+](=O)[O-])cc12)C1CC1.Cl. The standard InChI is InChI=1S/C16H18N4O4.ClH/c1-16(8-17,9-2-3-9)19-15(22)12-7-14(21)18-13-5-4-10(20(23)24)6-11(12)13;/h4-7,9H,2-3,8,17H2,1H3,(H,18,21)(H,19,22);1H. The lowest BCUT2D eigenvalue weighted by Crippen LogP contribution is -2.53. The van der Waals surface area contributed by atoms with E-state index in [9.17, 15) is 19.7 Å². The fourth-order valence-corrected chi connectivity index (χ4v) is 2.91. The normalized spacial score (nSPS) is 15.9. The van der Waals surface area contributed by atoms with E-state index in [1.54, 1.807) is 0 Å². The molecule has 1 atom stereocenters. The van der Waals surface area contributed by atoms with Crippen LogP contribution in [0.25, 0.3) is 10.9 Å². The zero-order valence-corrected chi connectivity index (χ0v) is 14.4. The molecule has 9 heteroatoms. The van der Waals surface area contributed by atoms with Gasteiger partial charge in [0.15, 0.2) is 0 Å². The molecule has 0 aliphatic heterocycles. The lowest BCUT2D eigenvalue weighted by Gasteiger charge is -2.29. The summed E-state index contributed by atoms with van der Waals surface area (Å²) in [5, 5.41) is 14.2. The van der Waals surface area contributed by atoms with E-state index in [4.69, 9.17) is 5.73 Å². The minimum absolute atomic E-state index is 0. The third-order valence-corrected chi connectivity index (χ3v) is 4.58. The fourth-order valence-electron chi connectivity index (χ4n) is 2.91. The third kappa shape index (κ3) is 3.64. The smallest absolute Gasteiger partial charge is 0.270 e. The number of benzene rings is 1. The van der Waals surface area contributed by atoms with Crippen molar-refractivity contribution in [2.45, 2.75) is 25.3 Å². The molecular weight excluding hydrogens is 348 g/mol. The second-order valence-corrected chi connectivity index (χ2v) is 6.38. The van der Waals surface area contributed by atoms with Gasteiger partial charge in [-0.2, -0.15) is 0 Å². The van der Waals surface area contributed by atoms with Crippen molar-refractivity contribution in [1.82, 2.24) is 10.3 Å². The van der Waals surface area contributed by atoms with Crippen LogP contribution in [0.3, 0.4) is 0 Å². The number of nitro groups is 1. The van der Waals surface area contributed by atoms with Crippen LogP contribution in [-0.2, 0) is 0 Å². The number of pyridine rings is 1. The molecule has 1 heterocycles. The summed E-state index contributed by atoms with van der Waals surface area (Å²) in [5.74, 6) is -0.138. The van der Waals surface area contributed by atoms with Crippen LogP contribution < -0.4 is 16.6 Å². The largest absolute Gasteiger partial charge is 0.345 e. The molecule has 0 radical (unpaired) electrons. The second kappa shape index (κ2) is 6.81. The topological polar surface area (TPSA) is 131 Å². The van der Waals surface area contributed by atoms with Crippen molar-refractivity contribution in [3.05, 3.63) is 50.3 Å². The summed E-state index contributed by atoms with van der Waals surface area (Å²) in [6, 6.07) is 5.16. The van der Waals surface area contributed by atoms with E-state index in [2.05, 4.69) is 10.3 Å². The number of carbonyl (C=O) groups excluding carboxylic acids is 1.